The molecule has 6 heteroatoms. The van der Waals surface area contributed by atoms with E-state index in [1.807, 2.05) is 0 Å². The summed E-state index contributed by atoms with van der Waals surface area (Å²) in [7, 11) is 0. The van der Waals surface area contributed by atoms with Crippen LogP contribution in [0.25, 0.3) is 0 Å². The first-order valence-electron chi connectivity index (χ1n) is 7.94. The second-order valence-electron chi connectivity index (χ2n) is 6.19. The van der Waals surface area contributed by atoms with Crippen molar-refractivity contribution in [1.82, 2.24) is 0 Å². The van der Waals surface area contributed by atoms with E-state index in [1.165, 1.54) is 0 Å². The number of carbonyl (C=O) groups excluding carboxylic acids is 2. The standard InChI is InChI=1S/C16H30O6/c1-11(19)7-13(9-17)15(21)5-3-4-6-16(22)14(10-18)8-12(2)20/h9-16,19-22H,3-8H2,1-2H3/t11-,12-,13?,14?,15?,16?/m1/s1. The Kier molecular flexibility index (Phi) is 11.3. The van der Waals surface area contributed by atoms with E-state index in [9.17, 15) is 30.0 Å². The zero-order valence-electron chi connectivity index (χ0n) is 13.5. The fraction of sp³-hybridized carbons (Fsp3) is 0.875. The maximum Gasteiger partial charge on any atom is 0.125 e. The predicted molar refractivity (Wildman–Crippen MR) is 82.2 cm³/mol. The molecule has 0 fully saturated rings. The van der Waals surface area contributed by atoms with Gasteiger partial charge in [0, 0.05) is 11.8 Å². The smallest absolute Gasteiger partial charge is 0.125 e. The van der Waals surface area contributed by atoms with Crippen LogP contribution in [0.5, 0.6) is 0 Å². The van der Waals surface area contributed by atoms with Crippen LogP contribution in [0.2, 0.25) is 0 Å². The number of aliphatic hydroxyl groups is 4. The van der Waals surface area contributed by atoms with Gasteiger partial charge in [-0.3, -0.25) is 0 Å². The Hall–Kier alpha value is -0.820. The summed E-state index contributed by atoms with van der Waals surface area (Å²) >= 11 is 0. The molecule has 6 atom stereocenters. The van der Waals surface area contributed by atoms with Gasteiger partial charge in [0.05, 0.1) is 24.4 Å². The van der Waals surface area contributed by atoms with Crippen LogP contribution in [0.4, 0.5) is 0 Å². The lowest BCUT2D eigenvalue weighted by Gasteiger charge is -2.20. The topological polar surface area (TPSA) is 115 Å². The van der Waals surface area contributed by atoms with Gasteiger partial charge in [-0.05, 0) is 39.5 Å². The van der Waals surface area contributed by atoms with Crippen LogP contribution in [0.3, 0.4) is 0 Å². The summed E-state index contributed by atoms with van der Waals surface area (Å²) in [5, 5.41) is 38.3. The maximum absolute atomic E-state index is 10.9. The first-order valence-corrected chi connectivity index (χ1v) is 7.94. The van der Waals surface area contributed by atoms with Crippen molar-refractivity contribution in [3.8, 4) is 0 Å². The number of aliphatic hydroxyl groups excluding tert-OH is 4. The Morgan fingerprint density at radius 1 is 0.727 bits per heavy atom. The third-order valence-corrected chi connectivity index (χ3v) is 3.81. The van der Waals surface area contributed by atoms with E-state index in [-0.39, 0.29) is 12.8 Å². The van der Waals surface area contributed by atoms with Crippen molar-refractivity contribution in [1.29, 1.82) is 0 Å². The number of hydrogen-bond acceptors (Lipinski definition) is 6. The Bertz CT molecular complexity index is 275. The lowest BCUT2D eigenvalue weighted by atomic mass is 9.91. The average molecular weight is 318 g/mol. The van der Waals surface area contributed by atoms with Crippen LogP contribution < -0.4 is 0 Å². The molecule has 0 saturated heterocycles. The summed E-state index contributed by atoms with van der Waals surface area (Å²) in [5.41, 5.74) is 0. The normalized spacial score (nSPS) is 19.7. The van der Waals surface area contributed by atoms with Crippen LogP contribution in [-0.2, 0) is 9.59 Å². The molecular weight excluding hydrogens is 288 g/mol. The van der Waals surface area contributed by atoms with Gasteiger partial charge in [0.1, 0.15) is 12.6 Å². The number of rotatable bonds is 13. The molecule has 4 unspecified atom stereocenters. The van der Waals surface area contributed by atoms with E-state index in [2.05, 4.69) is 0 Å². The minimum absolute atomic E-state index is 0.231. The van der Waals surface area contributed by atoms with E-state index in [0.717, 1.165) is 0 Å². The quantitative estimate of drug-likeness (QED) is 0.289. The zero-order chi connectivity index (χ0) is 17.1. The number of carbonyl (C=O) groups is 2. The predicted octanol–water partition coefficient (Wildman–Crippen LogP) is 0.441. The largest absolute Gasteiger partial charge is 0.393 e. The van der Waals surface area contributed by atoms with Crippen molar-refractivity contribution in [2.45, 2.75) is 76.8 Å². The van der Waals surface area contributed by atoms with Gasteiger partial charge in [-0.15, -0.1) is 0 Å². The Morgan fingerprint density at radius 3 is 1.27 bits per heavy atom. The van der Waals surface area contributed by atoms with Crippen LogP contribution in [0, 0.1) is 11.8 Å². The summed E-state index contributed by atoms with van der Waals surface area (Å²) in [6.07, 6.45) is 0.952. The van der Waals surface area contributed by atoms with Crippen LogP contribution in [0.1, 0.15) is 52.4 Å². The molecular formula is C16H30O6. The highest BCUT2D eigenvalue weighted by atomic mass is 16.3. The van der Waals surface area contributed by atoms with Gasteiger partial charge in [-0.1, -0.05) is 12.8 Å². The van der Waals surface area contributed by atoms with Gasteiger partial charge in [0.15, 0.2) is 0 Å². The van der Waals surface area contributed by atoms with E-state index in [4.69, 9.17) is 0 Å². The van der Waals surface area contributed by atoms with Crippen LogP contribution in [-0.4, -0.2) is 57.4 Å². The molecule has 0 aliphatic heterocycles. The molecule has 0 radical (unpaired) electrons. The summed E-state index contributed by atoms with van der Waals surface area (Å²) in [6, 6.07) is 0. The van der Waals surface area contributed by atoms with E-state index in [0.29, 0.717) is 38.3 Å². The molecule has 4 N–H and O–H groups in total. The average Bonchev–Trinajstić information content (AvgIpc) is 2.45. The second-order valence-corrected chi connectivity index (χ2v) is 6.19. The molecule has 0 bridgehead atoms. The van der Waals surface area contributed by atoms with Gasteiger partial charge in [0.2, 0.25) is 0 Å². The number of aldehydes is 2. The molecule has 0 rings (SSSR count). The summed E-state index contributed by atoms with van der Waals surface area (Å²) < 4.78 is 0. The van der Waals surface area contributed by atoms with Crippen LogP contribution >= 0.6 is 0 Å². The summed E-state index contributed by atoms with van der Waals surface area (Å²) in [5.74, 6) is -1.16. The fourth-order valence-electron chi connectivity index (χ4n) is 2.53. The molecule has 130 valence electrons. The SMILES string of the molecule is C[C@@H](O)CC(C=O)C(O)CCCCC(O)C(C=O)C[C@@H](C)O. The van der Waals surface area contributed by atoms with Crippen molar-refractivity contribution in [3.05, 3.63) is 0 Å². The Balaban J connectivity index is 4.04. The maximum atomic E-state index is 10.9. The molecule has 6 nitrogen and oxygen atoms in total. The molecule has 0 aliphatic carbocycles. The van der Waals surface area contributed by atoms with Gasteiger partial charge < -0.3 is 30.0 Å². The van der Waals surface area contributed by atoms with Crippen molar-refractivity contribution in [3.63, 3.8) is 0 Å². The van der Waals surface area contributed by atoms with E-state index < -0.39 is 36.3 Å². The Labute approximate surface area is 132 Å². The van der Waals surface area contributed by atoms with Gasteiger partial charge >= 0.3 is 0 Å². The van der Waals surface area contributed by atoms with Crippen molar-refractivity contribution in [2.24, 2.45) is 11.8 Å². The number of unbranched alkanes of at least 4 members (excludes halogenated alkanes) is 1. The van der Waals surface area contributed by atoms with E-state index >= 15 is 0 Å². The molecule has 0 aliphatic rings. The van der Waals surface area contributed by atoms with Crippen LogP contribution in [0.15, 0.2) is 0 Å². The van der Waals surface area contributed by atoms with Gasteiger partial charge in [0.25, 0.3) is 0 Å². The first-order chi connectivity index (χ1) is 10.3. The zero-order valence-corrected chi connectivity index (χ0v) is 13.5. The molecule has 0 amide bonds. The highest BCUT2D eigenvalue weighted by molar-refractivity contribution is 5.54. The molecule has 0 aromatic rings. The monoisotopic (exact) mass is 318 g/mol. The molecule has 0 spiro atoms. The lowest BCUT2D eigenvalue weighted by Crippen LogP contribution is -2.26. The molecule has 22 heavy (non-hydrogen) atoms. The number of hydrogen-bond donors (Lipinski definition) is 4. The molecule has 0 saturated carbocycles. The molecule has 0 aromatic carbocycles. The second kappa shape index (κ2) is 11.7. The highest BCUT2D eigenvalue weighted by Crippen LogP contribution is 2.18. The lowest BCUT2D eigenvalue weighted by molar-refractivity contribution is -0.116. The minimum Gasteiger partial charge on any atom is -0.393 e. The summed E-state index contributed by atoms with van der Waals surface area (Å²) in [6.45, 7) is 3.14. The molecule has 0 heterocycles. The highest BCUT2D eigenvalue weighted by Gasteiger charge is 2.22. The first kappa shape index (κ1) is 21.2. The van der Waals surface area contributed by atoms with Crippen molar-refractivity contribution >= 4 is 12.6 Å². The molecule has 0 aromatic heterocycles. The summed E-state index contributed by atoms with van der Waals surface area (Å²) in [4.78, 5) is 21.8. The van der Waals surface area contributed by atoms with Gasteiger partial charge in [-0.25, -0.2) is 0 Å². The van der Waals surface area contributed by atoms with Gasteiger partial charge in [-0.2, -0.15) is 0 Å². The van der Waals surface area contributed by atoms with Crippen molar-refractivity contribution < 1.29 is 30.0 Å². The van der Waals surface area contributed by atoms with Crippen molar-refractivity contribution in [2.75, 3.05) is 0 Å². The fourth-order valence-corrected chi connectivity index (χ4v) is 2.53. The third kappa shape index (κ3) is 9.25. The Morgan fingerprint density at radius 2 is 1.05 bits per heavy atom. The minimum atomic E-state index is -0.802. The van der Waals surface area contributed by atoms with E-state index in [1.54, 1.807) is 13.8 Å². The third-order valence-electron chi connectivity index (χ3n) is 3.81.